The van der Waals surface area contributed by atoms with Crippen LogP contribution < -0.4 is 0 Å². The van der Waals surface area contributed by atoms with E-state index in [-0.39, 0.29) is 5.48 Å². The van der Waals surface area contributed by atoms with Crippen LogP contribution in [0.3, 0.4) is 0 Å². The molecule has 0 aliphatic heterocycles. The van der Waals surface area contributed by atoms with Crippen LogP contribution in [0.15, 0.2) is 25.8 Å². The fourth-order valence-corrected chi connectivity index (χ4v) is 0. The third-order valence-electron chi connectivity index (χ3n) is 0.289. The highest BCUT2D eigenvalue weighted by Crippen LogP contribution is 1.66. The van der Waals surface area contributed by atoms with E-state index in [1.54, 1.807) is 0 Å². The zero-order valence-corrected chi connectivity index (χ0v) is 4.91. The molecule has 2 N–H and O–H groups in total. The zero-order valence-electron chi connectivity index (χ0n) is 4.91. The predicted octanol–water partition coefficient (Wildman–Crippen LogP) is 1.56. The van der Waals surface area contributed by atoms with Gasteiger partial charge >= 0.3 is 0 Å². The Bertz CT molecular complexity index is 25.4. The molecule has 0 bridgehead atoms. The second kappa shape index (κ2) is 51.7. The van der Waals surface area contributed by atoms with Gasteiger partial charge in [-0.25, -0.2) is 0 Å². The lowest BCUT2D eigenvalue weighted by molar-refractivity contribution is 0.824. The number of hydrogen-bond donors (Lipinski definition) is 0. The molecule has 1 nitrogen and oxygen atoms in total. The molecule has 0 unspecified atom stereocenters. The van der Waals surface area contributed by atoms with Crippen molar-refractivity contribution in [3.8, 4) is 0 Å². The average molecular weight is 102 g/mol. The number of rotatable bonds is 1. The molecule has 0 aliphatic rings. The topological polar surface area (TPSA) is 31.5 Å². The van der Waals surface area contributed by atoms with E-state index in [0.717, 1.165) is 6.42 Å². The van der Waals surface area contributed by atoms with Crippen molar-refractivity contribution in [2.45, 2.75) is 13.3 Å². The van der Waals surface area contributed by atoms with Gasteiger partial charge in [-0.15, -0.1) is 19.7 Å². The maximum atomic E-state index is 3.48. The molecule has 0 amide bonds. The van der Waals surface area contributed by atoms with Gasteiger partial charge in [0, 0.05) is 0 Å². The van der Waals surface area contributed by atoms with E-state index < -0.39 is 0 Å². The first-order chi connectivity index (χ1) is 2.91. The maximum Gasteiger partial charge on any atom is -0.0382 e. The van der Waals surface area contributed by atoms with Crippen LogP contribution in [0, 0.1) is 0 Å². The van der Waals surface area contributed by atoms with Crippen molar-refractivity contribution >= 4 is 0 Å². The van der Waals surface area contributed by atoms with Crippen LogP contribution >= 0.6 is 0 Å². The molecule has 7 heavy (non-hydrogen) atoms. The lowest BCUT2D eigenvalue weighted by Crippen LogP contribution is -1.36. The zero-order chi connectivity index (χ0) is 5.41. The molecule has 0 aromatic heterocycles. The van der Waals surface area contributed by atoms with E-state index >= 15 is 0 Å². The summed E-state index contributed by atoms with van der Waals surface area (Å²) < 4.78 is 0. The molecule has 0 aromatic rings. The lowest BCUT2D eigenvalue weighted by Gasteiger charge is -1.57. The highest BCUT2D eigenvalue weighted by Gasteiger charge is 1.45. The van der Waals surface area contributed by atoms with Crippen LogP contribution in [0.4, 0.5) is 0 Å². The van der Waals surface area contributed by atoms with E-state index in [0.29, 0.717) is 0 Å². The summed E-state index contributed by atoms with van der Waals surface area (Å²) in [5, 5.41) is 0. The number of hydrogen-bond acceptors (Lipinski definition) is 0. The molecule has 0 heterocycles. The van der Waals surface area contributed by atoms with Gasteiger partial charge in [0.15, 0.2) is 0 Å². The van der Waals surface area contributed by atoms with Crippen LogP contribution in [0.2, 0.25) is 0 Å². The van der Waals surface area contributed by atoms with Gasteiger partial charge in [0.05, 0.1) is 0 Å². The third-order valence-corrected chi connectivity index (χ3v) is 0.289. The van der Waals surface area contributed by atoms with Gasteiger partial charge in [-0.05, 0) is 6.42 Å². The molecule has 0 aromatic carbocycles. The fourth-order valence-electron chi connectivity index (χ4n) is 0. The molecule has 0 aliphatic carbocycles. The largest absolute Gasteiger partial charge is 0.412 e. The molecule has 1 heteroatoms. The van der Waals surface area contributed by atoms with Gasteiger partial charge in [-0.1, -0.05) is 13.0 Å². The Balaban J connectivity index is -0.0000000480. The minimum Gasteiger partial charge on any atom is -0.412 e. The second-order valence-corrected chi connectivity index (χ2v) is 0.697. The summed E-state index contributed by atoms with van der Waals surface area (Å²) >= 11 is 0. The van der Waals surface area contributed by atoms with Crippen molar-refractivity contribution in [3.05, 3.63) is 25.8 Å². The van der Waals surface area contributed by atoms with Crippen LogP contribution in [0.25, 0.3) is 0 Å². The van der Waals surface area contributed by atoms with Crippen molar-refractivity contribution in [1.29, 1.82) is 0 Å². The van der Waals surface area contributed by atoms with Gasteiger partial charge in [0.2, 0.25) is 0 Å². The van der Waals surface area contributed by atoms with Crippen molar-refractivity contribution < 1.29 is 5.48 Å². The molecule has 0 spiro atoms. The Labute approximate surface area is 45.7 Å². The Morgan fingerprint density at radius 3 is 1.57 bits per heavy atom. The minimum atomic E-state index is 0. The molecular weight excluding hydrogens is 88.1 g/mol. The molecule has 44 valence electrons. The van der Waals surface area contributed by atoms with E-state index in [2.05, 4.69) is 26.7 Å². The standard InChI is InChI=1S/C4H8.C2H4.H2O/c1-3-4-2;1-2;/h3H,1,4H2,2H3;1-2H2;1H2. The highest BCUT2D eigenvalue weighted by molar-refractivity contribution is 4.60. The number of allylic oxidation sites excluding steroid dienone is 1. The molecule has 0 saturated carbocycles. The normalized spacial score (nSPS) is 4.14. The Morgan fingerprint density at radius 1 is 1.43 bits per heavy atom. The van der Waals surface area contributed by atoms with Crippen molar-refractivity contribution in [2.24, 2.45) is 0 Å². The Hall–Kier alpha value is -0.560. The summed E-state index contributed by atoms with van der Waals surface area (Å²) in [7, 11) is 0. The monoisotopic (exact) mass is 102 g/mol. The smallest absolute Gasteiger partial charge is 0.0382 e. The summed E-state index contributed by atoms with van der Waals surface area (Å²) in [5.41, 5.74) is 0. The third kappa shape index (κ3) is 333. The Morgan fingerprint density at radius 2 is 1.57 bits per heavy atom. The average Bonchev–Trinajstić information content (AvgIpc) is 1.72. The molecule has 0 saturated heterocycles. The first-order valence-corrected chi connectivity index (χ1v) is 2.02. The molecule has 0 radical (unpaired) electrons. The van der Waals surface area contributed by atoms with E-state index in [1.165, 1.54) is 0 Å². The van der Waals surface area contributed by atoms with E-state index in [9.17, 15) is 0 Å². The van der Waals surface area contributed by atoms with Crippen LogP contribution in [-0.4, -0.2) is 5.48 Å². The Kier molecular flexibility index (Phi) is 119. The van der Waals surface area contributed by atoms with Gasteiger partial charge in [0.25, 0.3) is 0 Å². The fraction of sp³-hybridized carbons (Fsp3) is 0.333. The van der Waals surface area contributed by atoms with Gasteiger partial charge in [-0.2, -0.15) is 0 Å². The van der Waals surface area contributed by atoms with Crippen molar-refractivity contribution in [3.63, 3.8) is 0 Å². The first kappa shape index (κ1) is 16.1. The summed E-state index contributed by atoms with van der Waals surface area (Å²) in [6.07, 6.45) is 2.96. The van der Waals surface area contributed by atoms with Gasteiger partial charge in [-0.3, -0.25) is 0 Å². The van der Waals surface area contributed by atoms with Crippen molar-refractivity contribution in [2.75, 3.05) is 0 Å². The van der Waals surface area contributed by atoms with Crippen LogP contribution in [0.1, 0.15) is 13.3 Å². The predicted molar refractivity (Wildman–Crippen MR) is 35.4 cm³/mol. The lowest BCUT2D eigenvalue weighted by atomic mass is 10.5. The van der Waals surface area contributed by atoms with Crippen molar-refractivity contribution in [1.82, 2.24) is 0 Å². The summed E-state index contributed by atoms with van der Waals surface area (Å²) in [4.78, 5) is 0. The summed E-state index contributed by atoms with van der Waals surface area (Å²) in [6.45, 7) is 11.5. The molecular formula is C6H14O. The van der Waals surface area contributed by atoms with Crippen LogP contribution in [0.5, 0.6) is 0 Å². The van der Waals surface area contributed by atoms with E-state index in [4.69, 9.17) is 0 Å². The molecule has 0 atom stereocenters. The summed E-state index contributed by atoms with van der Waals surface area (Å²) in [5.74, 6) is 0. The SMILES string of the molecule is C=C.C=CCC.O. The summed E-state index contributed by atoms with van der Waals surface area (Å²) in [6, 6.07) is 0. The maximum absolute atomic E-state index is 3.48. The quantitative estimate of drug-likeness (QED) is 0.450. The van der Waals surface area contributed by atoms with Crippen LogP contribution in [-0.2, 0) is 0 Å². The van der Waals surface area contributed by atoms with Gasteiger partial charge < -0.3 is 5.48 Å². The van der Waals surface area contributed by atoms with E-state index in [1.807, 2.05) is 6.08 Å². The first-order valence-electron chi connectivity index (χ1n) is 2.02. The minimum absolute atomic E-state index is 0. The second-order valence-electron chi connectivity index (χ2n) is 0.697. The van der Waals surface area contributed by atoms with Gasteiger partial charge in [0.1, 0.15) is 0 Å². The molecule has 0 fully saturated rings. The molecule has 0 rings (SSSR count). The highest BCUT2D eigenvalue weighted by atomic mass is 16.0.